The van der Waals surface area contributed by atoms with Gasteiger partial charge in [-0.05, 0) is 44.2 Å². The first-order valence-corrected chi connectivity index (χ1v) is 10.7. The van der Waals surface area contributed by atoms with Gasteiger partial charge in [-0.1, -0.05) is 0 Å². The van der Waals surface area contributed by atoms with Crippen molar-refractivity contribution in [2.75, 3.05) is 20.3 Å². The van der Waals surface area contributed by atoms with E-state index in [9.17, 15) is 4.79 Å². The molecule has 1 aliphatic rings. The Kier molecular flexibility index (Phi) is 5.53. The van der Waals surface area contributed by atoms with Gasteiger partial charge < -0.3 is 18.9 Å². The zero-order valence-corrected chi connectivity index (χ0v) is 18.6. The average Bonchev–Trinajstić information content (AvgIpc) is 3.45. The summed E-state index contributed by atoms with van der Waals surface area (Å²) in [5, 5.41) is 9.11. The number of hydrogen-bond donors (Lipinski definition) is 1. The lowest BCUT2D eigenvalue weighted by Gasteiger charge is -2.15. The van der Waals surface area contributed by atoms with E-state index in [4.69, 9.17) is 14.3 Å². The van der Waals surface area contributed by atoms with Crippen molar-refractivity contribution in [3.63, 3.8) is 0 Å². The molecule has 1 aliphatic heterocycles. The molecule has 5 rings (SSSR count). The van der Waals surface area contributed by atoms with E-state index in [1.165, 1.54) is 0 Å². The van der Waals surface area contributed by atoms with Crippen LogP contribution in [0.1, 0.15) is 31.3 Å². The van der Waals surface area contributed by atoms with Crippen molar-refractivity contribution in [2.45, 2.75) is 25.9 Å². The van der Waals surface area contributed by atoms with Crippen LogP contribution in [0.2, 0.25) is 0 Å². The molecule has 0 spiro atoms. The van der Waals surface area contributed by atoms with Gasteiger partial charge in [-0.3, -0.25) is 14.2 Å². The van der Waals surface area contributed by atoms with Crippen molar-refractivity contribution in [1.29, 1.82) is 0 Å². The van der Waals surface area contributed by atoms with Gasteiger partial charge in [0.2, 0.25) is 0 Å². The van der Waals surface area contributed by atoms with Gasteiger partial charge in [0.15, 0.2) is 17.2 Å². The van der Waals surface area contributed by atoms with Crippen LogP contribution in [0, 0.1) is 0 Å². The second kappa shape index (κ2) is 8.64. The molecular weight excluding hydrogens is 424 g/mol. The van der Waals surface area contributed by atoms with Crippen molar-refractivity contribution < 1.29 is 14.3 Å². The molecule has 1 unspecified atom stereocenters. The van der Waals surface area contributed by atoms with Crippen molar-refractivity contribution in [2.24, 2.45) is 0 Å². The number of nitrogens with one attached hydrogen (secondary N) is 1. The highest BCUT2D eigenvalue weighted by Crippen LogP contribution is 2.23. The maximum absolute atomic E-state index is 13.3. The Morgan fingerprint density at radius 3 is 2.91 bits per heavy atom. The summed E-state index contributed by atoms with van der Waals surface area (Å²) >= 11 is 0. The second-order valence-electron chi connectivity index (χ2n) is 7.89. The second-order valence-corrected chi connectivity index (χ2v) is 7.89. The molecule has 5 heterocycles. The summed E-state index contributed by atoms with van der Waals surface area (Å²) in [7, 11) is 1.61. The van der Waals surface area contributed by atoms with E-state index >= 15 is 0 Å². The molecule has 33 heavy (non-hydrogen) atoms. The van der Waals surface area contributed by atoms with Crippen LogP contribution in [0.3, 0.4) is 0 Å². The Morgan fingerprint density at radius 2 is 2.12 bits per heavy atom. The van der Waals surface area contributed by atoms with E-state index in [1.807, 2.05) is 48.7 Å². The van der Waals surface area contributed by atoms with Crippen molar-refractivity contribution >= 4 is 22.3 Å². The fourth-order valence-corrected chi connectivity index (χ4v) is 3.81. The first-order valence-electron chi connectivity index (χ1n) is 10.7. The minimum Gasteiger partial charge on any atom is -0.490 e. The number of methoxy groups -OCH3 is 1. The summed E-state index contributed by atoms with van der Waals surface area (Å²) in [6.45, 7) is 4.75. The molecule has 0 bridgehead atoms. The normalized spacial score (nSPS) is 16.7. The van der Waals surface area contributed by atoms with Gasteiger partial charge in [0, 0.05) is 25.1 Å². The molecule has 10 heteroatoms. The minimum atomic E-state index is -0.374. The zero-order chi connectivity index (χ0) is 22.9. The first-order chi connectivity index (χ1) is 16.0. The Bertz CT molecular complexity index is 1410. The molecular formula is C23H24N6O4. The van der Waals surface area contributed by atoms with E-state index in [2.05, 4.69) is 20.7 Å². The lowest BCUT2D eigenvalue weighted by Crippen LogP contribution is -2.25. The lowest BCUT2D eigenvalue weighted by atomic mass is 10.2. The SMILES string of the molecule is COCCOc1cnc2ccn([C@H](C)c3nnc4ccc(C5=CC(C)NO5)cn34)c(=O)c2c1. The predicted octanol–water partition coefficient (Wildman–Crippen LogP) is 2.34. The minimum absolute atomic E-state index is 0.128. The highest BCUT2D eigenvalue weighted by atomic mass is 16.7. The predicted molar refractivity (Wildman–Crippen MR) is 122 cm³/mol. The molecule has 1 N–H and O–H groups in total. The van der Waals surface area contributed by atoms with E-state index in [1.54, 1.807) is 30.1 Å². The lowest BCUT2D eigenvalue weighted by molar-refractivity contribution is 0.146. The summed E-state index contributed by atoms with van der Waals surface area (Å²) in [6, 6.07) is 7.09. The standard InChI is InChI=1S/C23H24N6O4/c1-14-10-20(33-27-14)16-4-5-21-25-26-22(29(21)13-16)15(2)28-7-6-19-18(23(28)30)11-17(12-24-19)32-9-8-31-3/h4-7,10-15,27H,8-9H2,1-3H3/t14?,15-/m1/s1. The summed E-state index contributed by atoms with van der Waals surface area (Å²) in [6.07, 6.45) is 7.25. The van der Waals surface area contributed by atoms with E-state index in [0.717, 1.165) is 11.3 Å². The Morgan fingerprint density at radius 1 is 1.24 bits per heavy atom. The Hall–Kier alpha value is -3.76. The maximum atomic E-state index is 13.3. The Labute approximate surface area is 189 Å². The molecule has 0 aliphatic carbocycles. The van der Waals surface area contributed by atoms with Gasteiger partial charge in [0.1, 0.15) is 12.4 Å². The quantitative estimate of drug-likeness (QED) is 0.430. The number of rotatable bonds is 7. The number of pyridine rings is 3. The molecule has 10 nitrogen and oxygen atoms in total. The van der Waals surface area contributed by atoms with Crippen LogP contribution in [0.5, 0.6) is 5.75 Å². The number of hydroxylamine groups is 1. The average molecular weight is 448 g/mol. The molecule has 170 valence electrons. The molecule has 4 aromatic rings. The van der Waals surface area contributed by atoms with Gasteiger partial charge in [-0.2, -0.15) is 0 Å². The largest absolute Gasteiger partial charge is 0.490 e. The monoisotopic (exact) mass is 448 g/mol. The van der Waals surface area contributed by atoms with Gasteiger partial charge >= 0.3 is 0 Å². The van der Waals surface area contributed by atoms with Crippen molar-refractivity contribution in [1.82, 2.24) is 29.6 Å². The van der Waals surface area contributed by atoms with Crippen LogP contribution in [0.15, 0.2) is 53.7 Å². The van der Waals surface area contributed by atoms with Crippen LogP contribution in [0.4, 0.5) is 0 Å². The van der Waals surface area contributed by atoms with Crippen molar-refractivity contribution in [3.05, 3.63) is 70.7 Å². The molecule has 0 saturated carbocycles. The highest BCUT2D eigenvalue weighted by molar-refractivity contribution is 5.78. The third-order valence-electron chi connectivity index (χ3n) is 5.57. The van der Waals surface area contributed by atoms with Gasteiger partial charge in [0.25, 0.3) is 5.56 Å². The molecule has 0 aromatic carbocycles. The zero-order valence-electron chi connectivity index (χ0n) is 18.6. The molecule has 0 amide bonds. The van der Waals surface area contributed by atoms with E-state index in [0.29, 0.717) is 41.3 Å². The van der Waals surface area contributed by atoms with Gasteiger partial charge in [-0.25, -0.2) is 0 Å². The van der Waals surface area contributed by atoms with Crippen LogP contribution < -0.4 is 15.8 Å². The number of fused-ring (bicyclic) bond motifs is 2. The van der Waals surface area contributed by atoms with Gasteiger partial charge in [-0.15, -0.1) is 15.7 Å². The number of hydrogen-bond acceptors (Lipinski definition) is 8. The molecule has 0 saturated heterocycles. The number of nitrogens with zero attached hydrogens (tertiary/aromatic N) is 5. The maximum Gasteiger partial charge on any atom is 0.260 e. The summed E-state index contributed by atoms with van der Waals surface area (Å²) < 4.78 is 14.1. The third kappa shape index (κ3) is 3.94. The number of ether oxygens (including phenoxy) is 2. The number of aromatic nitrogens is 5. The van der Waals surface area contributed by atoms with Gasteiger partial charge in [0.05, 0.1) is 35.8 Å². The summed E-state index contributed by atoms with van der Waals surface area (Å²) in [4.78, 5) is 23.3. The molecule has 0 fully saturated rings. The topological polar surface area (TPSA) is 105 Å². The molecule has 2 atom stereocenters. The van der Waals surface area contributed by atoms with E-state index in [-0.39, 0.29) is 17.6 Å². The smallest absolute Gasteiger partial charge is 0.260 e. The molecule has 0 radical (unpaired) electrons. The first kappa shape index (κ1) is 21.1. The highest BCUT2D eigenvalue weighted by Gasteiger charge is 2.20. The van der Waals surface area contributed by atoms with Crippen molar-refractivity contribution in [3.8, 4) is 5.75 Å². The van der Waals surface area contributed by atoms with Crippen LogP contribution in [-0.2, 0) is 9.57 Å². The van der Waals surface area contributed by atoms with E-state index < -0.39 is 0 Å². The fraction of sp³-hybridized carbons (Fsp3) is 0.304. The Balaban J connectivity index is 1.52. The molecule has 4 aromatic heterocycles. The summed E-state index contributed by atoms with van der Waals surface area (Å²) in [5.41, 5.74) is 4.91. The summed E-state index contributed by atoms with van der Waals surface area (Å²) in [5.74, 6) is 1.90. The van der Waals surface area contributed by atoms with Crippen LogP contribution in [0.25, 0.3) is 22.3 Å². The van der Waals surface area contributed by atoms with Crippen LogP contribution >= 0.6 is 0 Å². The van der Waals surface area contributed by atoms with Crippen LogP contribution in [-0.4, -0.2) is 50.5 Å². The fourth-order valence-electron chi connectivity index (χ4n) is 3.81. The third-order valence-corrected chi connectivity index (χ3v) is 5.57.